The Morgan fingerprint density at radius 1 is 1.32 bits per heavy atom. The summed E-state index contributed by atoms with van der Waals surface area (Å²) in [4.78, 5) is 17.0. The van der Waals surface area contributed by atoms with E-state index in [0.29, 0.717) is 36.8 Å². The summed E-state index contributed by atoms with van der Waals surface area (Å²) < 4.78 is 27.1. The van der Waals surface area contributed by atoms with Crippen molar-refractivity contribution in [2.24, 2.45) is 5.92 Å². The fraction of sp³-hybridized carbons (Fsp3) is 0.500. The third-order valence-electron chi connectivity index (χ3n) is 4.62. The van der Waals surface area contributed by atoms with E-state index in [-0.39, 0.29) is 23.3 Å². The number of hydrogen-bond donors (Lipinski definition) is 2. The summed E-state index contributed by atoms with van der Waals surface area (Å²) in [7, 11) is -3.57. The molecule has 1 amide bonds. The molecule has 1 unspecified atom stereocenters. The van der Waals surface area contributed by atoms with Gasteiger partial charge in [0.15, 0.2) is 0 Å². The van der Waals surface area contributed by atoms with Gasteiger partial charge in [0.1, 0.15) is 5.82 Å². The number of carbonyl (C=O) groups excluding carboxylic acids is 1. The van der Waals surface area contributed by atoms with Crippen molar-refractivity contribution >= 4 is 27.7 Å². The minimum absolute atomic E-state index is 0.101. The molecule has 1 aromatic carbocycles. The number of thioether (sulfide) groups is 1. The Bertz CT molecular complexity index is 912. The lowest BCUT2D eigenvalue weighted by Gasteiger charge is -2.31. The number of nitrogens with one attached hydrogen (secondary N) is 2. The molecule has 2 N–H and O–H groups in total. The van der Waals surface area contributed by atoms with Crippen molar-refractivity contribution in [3.63, 3.8) is 0 Å². The van der Waals surface area contributed by atoms with Crippen LogP contribution in [0.5, 0.6) is 0 Å². The number of hydrogen-bond acceptors (Lipinski definition) is 6. The normalized spacial score (nSPS) is 18.1. The molecule has 28 heavy (non-hydrogen) atoms. The minimum atomic E-state index is -3.57. The van der Waals surface area contributed by atoms with Crippen LogP contribution >= 0.6 is 11.8 Å². The van der Waals surface area contributed by atoms with E-state index in [9.17, 15) is 13.2 Å². The molecule has 2 heterocycles. The third kappa shape index (κ3) is 5.12. The van der Waals surface area contributed by atoms with Gasteiger partial charge in [-0.2, -0.15) is 4.31 Å². The number of benzene rings is 1. The van der Waals surface area contributed by atoms with Crippen LogP contribution in [0, 0.1) is 19.8 Å². The van der Waals surface area contributed by atoms with Crippen molar-refractivity contribution in [3.8, 4) is 0 Å². The van der Waals surface area contributed by atoms with Gasteiger partial charge in [-0.3, -0.25) is 9.89 Å². The van der Waals surface area contributed by atoms with Crippen LogP contribution in [0.25, 0.3) is 0 Å². The number of rotatable bonds is 7. The van der Waals surface area contributed by atoms with E-state index in [4.69, 9.17) is 0 Å². The number of piperidine rings is 1. The van der Waals surface area contributed by atoms with Gasteiger partial charge in [0.05, 0.1) is 10.8 Å². The summed E-state index contributed by atoms with van der Waals surface area (Å²) in [6.45, 7) is 4.89. The summed E-state index contributed by atoms with van der Waals surface area (Å²) in [5, 5.41) is 10.4. The van der Waals surface area contributed by atoms with Crippen LogP contribution in [-0.4, -0.2) is 59.2 Å². The van der Waals surface area contributed by atoms with Crippen LogP contribution in [0.15, 0.2) is 34.3 Å². The Hall–Kier alpha value is -1.91. The van der Waals surface area contributed by atoms with Crippen molar-refractivity contribution in [2.75, 3.05) is 25.4 Å². The van der Waals surface area contributed by atoms with Crippen LogP contribution in [0.2, 0.25) is 0 Å². The van der Waals surface area contributed by atoms with Crippen LogP contribution in [0.3, 0.4) is 0 Å². The maximum atomic E-state index is 12.9. The Labute approximate surface area is 169 Å². The largest absolute Gasteiger partial charge is 0.355 e. The Balaban J connectivity index is 1.52. The molecule has 152 valence electrons. The molecule has 1 aliphatic heterocycles. The zero-order valence-electron chi connectivity index (χ0n) is 16.0. The molecule has 0 radical (unpaired) electrons. The van der Waals surface area contributed by atoms with E-state index in [2.05, 4.69) is 20.5 Å². The lowest BCUT2D eigenvalue weighted by Crippen LogP contribution is -2.45. The molecule has 8 nitrogen and oxygen atoms in total. The lowest BCUT2D eigenvalue weighted by atomic mass is 9.99. The first-order valence-corrected chi connectivity index (χ1v) is 11.6. The molecule has 1 aliphatic rings. The second-order valence-electron chi connectivity index (χ2n) is 6.86. The van der Waals surface area contributed by atoms with Gasteiger partial charge < -0.3 is 5.32 Å². The van der Waals surface area contributed by atoms with Gasteiger partial charge in [-0.25, -0.2) is 13.4 Å². The van der Waals surface area contributed by atoms with Gasteiger partial charge in [0.25, 0.3) is 0 Å². The van der Waals surface area contributed by atoms with Gasteiger partial charge in [-0.1, -0.05) is 29.5 Å². The number of aromatic nitrogens is 3. The highest BCUT2D eigenvalue weighted by Crippen LogP contribution is 2.24. The highest BCUT2D eigenvalue weighted by molar-refractivity contribution is 7.99. The smallest absolute Gasteiger partial charge is 0.243 e. The van der Waals surface area contributed by atoms with E-state index in [1.54, 1.807) is 24.3 Å². The van der Waals surface area contributed by atoms with Gasteiger partial charge in [-0.15, -0.1) is 5.10 Å². The monoisotopic (exact) mass is 423 g/mol. The maximum absolute atomic E-state index is 12.9. The SMILES string of the molecule is Cc1ccc(S(=O)(=O)N2CCCC(C(=O)NCCSc3n[nH]c(C)n3)C2)cc1. The summed E-state index contributed by atoms with van der Waals surface area (Å²) in [5.41, 5.74) is 1.01. The number of aryl methyl sites for hydroxylation is 2. The van der Waals surface area contributed by atoms with Gasteiger partial charge in [-0.05, 0) is 38.8 Å². The lowest BCUT2D eigenvalue weighted by molar-refractivity contribution is -0.125. The first-order chi connectivity index (χ1) is 13.4. The predicted molar refractivity (Wildman–Crippen MR) is 108 cm³/mol. The van der Waals surface area contributed by atoms with E-state index >= 15 is 0 Å². The van der Waals surface area contributed by atoms with Crippen molar-refractivity contribution in [1.82, 2.24) is 24.8 Å². The number of carbonyl (C=O) groups is 1. The van der Waals surface area contributed by atoms with E-state index in [1.807, 2.05) is 13.8 Å². The summed E-state index contributed by atoms with van der Waals surface area (Å²) >= 11 is 1.46. The summed E-state index contributed by atoms with van der Waals surface area (Å²) in [6, 6.07) is 6.82. The van der Waals surface area contributed by atoms with Crippen LogP contribution in [-0.2, 0) is 14.8 Å². The number of nitrogens with zero attached hydrogens (tertiary/aromatic N) is 3. The molecule has 10 heteroatoms. The molecule has 0 aliphatic carbocycles. The number of aromatic amines is 1. The van der Waals surface area contributed by atoms with Crippen molar-refractivity contribution < 1.29 is 13.2 Å². The standard InChI is InChI=1S/C18H25N5O3S2/c1-13-5-7-16(8-6-13)28(25,26)23-10-3-4-15(12-23)17(24)19-9-11-27-18-20-14(2)21-22-18/h5-8,15H,3-4,9-12H2,1-2H3,(H,19,24)(H,20,21,22). The Morgan fingerprint density at radius 2 is 2.07 bits per heavy atom. The van der Waals surface area contributed by atoms with Crippen LogP contribution in [0.4, 0.5) is 0 Å². The zero-order chi connectivity index (χ0) is 20.1. The van der Waals surface area contributed by atoms with Crippen molar-refractivity contribution in [2.45, 2.75) is 36.7 Å². The molecule has 0 spiro atoms. The molecule has 2 aromatic rings. The molecule has 1 fully saturated rings. The topological polar surface area (TPSA) is 108 Å². The first kappa shape index (κ1) is 20.8. The van der Waals surface area contributed by atoms with E-state index < -0.39 is 10.0 Å². The highest BCUT2D eigenvalue weighted by atomic mass is 32.2. The average Bonchev–Trinajstić information content (AvgIpc) is 3.10. The van der Waals surface area contributed by atoms with Gasteiger partial charge in [0, 0.05) is 25.4 Å². The summed E-state index contributed by atoms with van der Waals surface area (Å²) in [6.07, 6.45) is 1.37. The van der Waals surface area contributed by atoms with Crippen molar-refractivity contribution in [1.29, 1.82) is 0 Å². The molecule has 1 saturated heterocycles. The van der Waals surface area contributed by atoms with Gasteiger partial charge in [0.2, 0.25) is 21.1 Å². The zero-order valence-corrected chi connectivity index (χ0v) is 17.6. The number of H-pyrrole nitrogens is 1. The molecular weight excluding hydrogens is 398 g/mol. The number of sulfonamides is 1. The molecule has 1 aromatic heterocycles. The molecule has 3 rings (SSSR count). The van der Waals surface area contributed by atoms with Crippen LogP contribution in [0.1, 0.15) is 24.2 Å². The van der Waals surface area contributed by atoms with Gasteiger partial charge >= 0.3 is 0 Å². The minimum Gasteiger partial charge on any atom is -0.355 e. The van der Waals surface area contributed by atoms with E-state index in [0.717, 1.165) is 11.4 Å². The molecule has 1 atom stereocenters. The average molecular weight is 424 g/mol. The van der Waals surface area contributed by atoms with Crippen molar-refractivity contribution in [3.05, 3.63) is 35.7 Å². The van der Waals surface area contributed by atoms with E-state index in [1.165, 1.54) is 16.1 Å². The fourth-order valence-electron chi connectivity index (χ4n) is 3.08. The summed E-state index contributed by atoms with van der Waals surface area (Å²) in [5.74, 6) is 0.977. The first-order valence-electron chi connectivity index (χ1n) is 9.22. The van der Waals surface area contributed by atoms with Crippen LogP contribution < -0.4 is 5.32 Å². The second-order valence-corrected chi connectivity index (χ2v) is 9.86. The predicted octanol–water partition coefficient (Wildman–Crippen LogP) is 1.73. The third-order valence-corrected chi connectivity index (χ3v) is 7.35. The highest BCUT2D eigenvalue weighted by Gasteiger charge is 2.33. The number of amides is 1. The fourth-order valence-corrected chi connectivity index (χ4v) is 5.30. The molecule has 0 saturated carbocycles. The molecular formula is C18H25N5O3S2. The maximum Gasteiger partial charge on any atom is 0.243 e. The second kappa shape index (κ2) is 9.06. The molecule has 0 bridgehead atoms. The quantitative estimate of drug-likeness (QED) is 0.519. The Morgan fingerprint density at radius 3 is 2.75 bits per heavy atom. The Kier molecular flexibility index (Phi) is 6.73.